The first-order chi connectivity index (χ1) is 7.99. The smallest absolute Gasteiger partial charge is 0.137 e. The molecule has 2 aromatic rings. The Bertz CT molecular complexity index is 469. The molecule has 2 heterocycles. The normalized spacial score (nSPS) is 12.3. The lowest BCUT2D eigenvalue weighted by Gasteiger charge is -2.20. The van der Waals surface area contributed by atoms with Gasteiger partial charge in [-0.05, 0) is 5.92 Å². The third-order valence-corrected chi connectivity index (χ3v) is 3.00. The molecule has 17 heavy (non-hydrogen) atoms. The summed E-state index contributed by atoms with van der Waals surface area (Å²) >= 11 is 0. The second kappa shape index (κ2) is 4.35. The van der Waals surface area contributed by atoms with Gasteiger partial charge in [-0.15, -0.1) is 0 Å². The first-order valence-electron chi connectivity index (χ1n) is 5.84. The Balaban J connectivity index is 2.14. The molecule has 2 rings (SSSR count). The van der Waals surface area contributed by atoms with Gasteiger partial charge in [0.1, 0.15) is 12.0 Å². The van der Waals surface area contributed by atoms with E-state index in [1.165, 1.54) is 0 Å². The fourth-order valence-electron chi connectivity index (χ4n) is 1.76. The Labute approximate surface area is 101 Å². The highest BCUT2D eigenvalue weighted by Crippen LogP contribution is 2.28. The number of aromatic nitrogens is 2. The molecule has 0 aliphatic rings. The highest BCUT2D eigenvalue weighted by molar-refractivity contribution is 5.20. The molecule has 0 spiro atoms. The Kier molecular flexibility index (Phi) is 3.05. The Morgan fingerprint density at radius 2 is 2.12 bits per heavy atom. The molecule has 0 amide bonds. The van der Waals surface area contributed by atoms with Gasteiger partial charge in [-0.25, -0.2) is 0 Å². The minimum atomic E-state index is -0.0617. The fourth-order valence-corrected chi connectivity index (χ4v) is 1.76. The first-order valence-corrected chi connectivity index (χ1v) is 5.84. The molecular weight excluding hydrogens is 216 g/mol. The van der Waals surface area contributed by atoms with E-state index in [1.807, 2.05) is 6.07 Å². The van der Waals surface area contributed by atoms with Crippen LogP contribution in [0, 0.1) is 0 Å². The summed E-state index contributed by atoms with van der Waals surface area (Å²) in [6.07, 6.45) is 4.22. The van der Waals surface area contributed by atoms with Crippen molar-refractivity contribution < 1.29 is 9.05 Å². The minimum absolute atomic E-state index is 0.0617. The molecule has 0 bridgehead atoms. The predicted molar refractivity (Wildman–Crippen MR) is 63.8 cm³/mol. The minimum Gasteiger partial charge on any atom is -0.364 e. The van der Waals surface area contributed by atoms with Gasteiger partial charge in [0.05, 0.1) is 11.9 Å². The zero-order valence-corrected chi connectivity index (χ0v) is 10.7. The summed E-state index contributed by atoms with van der Waals surface area (Å²) in [7, 11) is 0. The van der Waals surface area contributed by atoms with Gasteiger partial charge in [-0.2, -0.15) is 0 Å². The van der Waals surface area contributed by atoms with E-state index in [0.717, 1.165) is 23.4 Å². The number of hydrogen-bond donors (Lipinski definition) is 0. The van der Waals surface area contributed by atoms with Gasteiger partial charge >= 0.3 is 0 Å². The van der Waals surface area contributed by atoms with Crippen LogP contribution in [-0.2, 0) is 11.8 Å². The molecule has 0 fully saturated rings. The zero-order chi connectivity index (χ0) is 12.5. The Morgan fingerprint density at radius 3 is 2.65 bits per heavy atom. The summed E-state index contributed by atoms with van der Waals surface area (Å²) in [4.78, 5) is 0. The van der Waals surface area contributed by atoms with Gasteiger partial charge in [0.2, 0.25) is 0 Å². The van der Waals surface area contributed by atoms with Gasteiger partial charge in [0, 0.05) is 23.5 Å². The van der Waals surface area contributed by atoms with Gasteiger partial charge in [0.15, 0.2) is 0 Å². The second-order valence-corrected chi connectivity index (χ2v) is 5.35. The summed E-state index contributed by atoms with van der Waals surface area (Å²) in [6.45, 7) is 8.48. The van der Waals surface area contributed by atoms with Crippen LogP contribution in [0.1, 0.15) is 50.6 Å². The summed E-state index contributed by atoms with van der Waals surface area (Å²) in [5.41, 5.74) is 2.01. The van der Waals surface area contributed by atoms with Crippen molar-refractivity contribution in [3.63, 3.8) is 0 Å². The van der Waals surface area contributed by atoms with Crippen LogP contribution in [-0.4, -0.2) is 10.3 Å². The van der Waals surface area contributed by atoms with Crippen LogP contribution in [0.5, 0.6) is 0 Å². The summed E-state index contributed by atoms with van der Waals surface area (Å²) in [5, 5.41) is 7.81. The highest BCUT2D eigenvalue weighted by Gasteiger charge is 2.25. The average molecular weight is 234 g/mol. The van der Waals surface area contributed by atoms with Crippen LogP contribution in [0.3, 0.4) is 0 Å². The van der Waals surface area contributed by atoms with Crippen LogP contribution in [0.2, 0.25) is 0 Å². The maximum Gasteiger partial charge on any atom is 0.137 e. The van der Waals surface area contributed by atoms with Crippen LogP contribution >= 0.6 is 0 Å². The Hall–Kier alpha value is -1.58. The number of rotatable bonds is 4. The molecule has 0 aromatic carbocycles. The van der Waals surface area contributed by atoms with E-state index in [9.17, 15) is 0 Å². The molecule has 4 heteroatoms. The van der Waals surface area contributed by atoms with E-state index >= 15 is 0 Å². The third kappa shape index (κ3) is 2.57. The maximum absolute atomic E-state index is 5.36. The van der Waals surface area contributed by atoms with Crippen LogP contribution in [0.25, 0.3) is 0 Å². The van der Waals surface area contributed by atoms with Crippen LogP contribution in [0.4, 0.5) is 0 Å². The van der Waals surface area contributed by atoms with Crippen LogP contribution < -0.4 is 0 Å². The monoisotopic (exact) mass is 234 g/mol. The van der Waals surface area contributed by atoms with Crippen molar-refractivity contribution >= 4 is 0 Å². The third-order valence-electron chi connectivity index (χ3n) is 3.00. The summed E-state index contributed by atoms with van der Waals surface area (Å²) < 4.78 is 10.2. The lowest BCUT2D eigenvalue weighted by molar-refractivity contribution is 0.347. The van der Waals surface area contributed by atoms with Crippen molar-refractivity contribution in [3.05, 3.63) is 35.5 Å². The van der Waals surface area contributed by atoms with Gasteiger partial charge in [0.25, 0.3) is 0 Å². The van der Waals surface area contributed by atoms with Crippen molar-refractivity contribution in [1.82, 2.24) is 10.3 Å². The van der Waals surface area contributed by atoms with Crippen molar-refractivity contribution in [1.29, 1.82) is 0 Å². The summed E-state index contributed by atoms with van der Waals surface area (Å²) in [6, 6.07) is 2.03. The molecular formula is C13H18N2O2. The van der Waals surface area contributed by atoms with Crippen molar-refractivity contribution in [2.75, 3.05) is 0 Å². The highest BCUT2D eigenvalue weighted by atomic mass is 16.5. The lowest BCUT2D eigenvalue weighted by Crippen LogP contribution is -2.19. The van der Waals surface area contributed by atoms with Crippen LogP contribution in [0.15, 0.2) is 27.6 Å². The van der Waals surface area contributed by atoms with Gasteiger partial charge in [-0.1, -0.05) is 38.0 Å². The molecule has 0 aliphatic heterocycles. The van der Waals surface area contributed by atoms with Crippen molar-refractivity contribution in [3.8, 4) is 0 Å². The molecule has 2 aromatic heterocycles. The molecule has 0 aliphatic carbocycles. The number of nitrogens with zero attached hydrogens (tertiary/aromatic N) is 2. The lowest BCUT2D eigenvalue weighted by atomic mass is 9.82. The first kappa shape index (κ1) is 11.9. The maximum atomic E-state index is 5.36. The molecule has 0 saturated carbocycles. The zero-order valence-electron chi connectivity index (χ0n) is 10.7. The standard InChI is InChI=1S/C13H18N2O2/c1-9(2)12-5-11(17-15-12)6-13(3,4)10-7-14-16-8-10/h5,7-9H,6H2,1-4H3. The van der Waals surface area contributed by atoms with Crippen molar-refractivity contribution in [2.24, 2.45) is 0 Å². The second-order valence-electron chi connectivity index (χ2n) is 5.35. The average Bonchev–Trinajstić information content (AvgIpc) is 2.85. The van der Waals surface area contributed by atoms with E-state index < -0.39 is 0 Å². The SMILES string of the molecule is CC(C)c1cc(CC(C)(C)c2cnoc2)on1. The number of hydrogen-bond acceptors (Lipinski definition) is 4. The fraction of sp³-hybridized carbons (Fsp3) is 0.538. The quantitative estimate of drug-likeness (QED) is 0.814. The molecule has 0 unspecified atom stereocenters. The largest absolute Gasteiger partial charge is 0.364 e. The molecule has 0 N–H and O–H groups in total. The van der Waals surface area contributed by atoms with E-state index in [4.69, 9.17) is 9.05 Å². The predicted octanol–water partition coefficient (Wildman–Crippen LogP) is 3.31. The van der Waals surface area contributed by atoms with E-state index in [-0.39, 0.29) is 5.41 Å². The van der Waals surface area contributed by atoms with E-state index in [1.54, 1.807) is 12.5 Å². The van der Waals surface area contributed by atoms with E-state index in [2.05, 4.69) is 38.0 Å². The molecule has 0 saturated heterocycles. The topological polar surface area (TPSA) is 52.1 Å². The van der Waals surface area contributed by atoms with Crippen molar-refractivity contribution in [2.45, 2.75) is 45.4 Å². The molecule has 92 valence electrons. The molecule has 4 nitrogen and oxygen atoms in total. The van der Waals surface area contributed by atoms with Gasteiger partial charge in [-0.3, -0.25) is 0 Å². The van der Waals surface area contributed by atoms with Gasteiger partial charge < -0.3 is 9.05 Å². The molecule has 0 atom stereocenters. The van der Waals surface area contributed by atoms with E-state index in [0.29, 0.717) is 5.92 Å². The molecule has 0 radical (unpaired) electrons. The Morgan fingerprint density at radius 1 is 1.35 bits per heavy atom. The summed E-state index contributed by atoms with van der Waals surface area (Å²) in [5.74, 6) is 1.30.